The molecule has 20 heavy (non-hydrogen) atoms. The van der Waals surface area contributed by atoms with E-state index in [2.05, 4.69) is 54.0 Å². The molecule has 1 aromatic rings. The highest BCUT2D eigenvalue weighted by Gasteiger charge is 2.16. The second-order valence-corrected chi connectivity index (χ2v) is 6.49. The zero-order valence-corrected chi connectivity index (χ0v) is 13.2. The van der Waals surface area contributed by atoms with Crippen molar-refractivity contribution < 1.29 is 0 Å². The summed E-state index contributed by atoms with van der Waals surface area (Å²) < 4.78 is 0. The SMILES string of the molecule is CC(C)CCCCN1CCN(Cc2ccccc2)CC1. The van der Waals surface area contributed by atoms with Crippen molar-refractivity contribution in [2.75, 3.05) is 32.7 Å². The van der Waals surface area contributed by atoms with Crippen LogP contribution in [0.3, 0.4) is 0 Å². The molecule has 2 rings (SSSR count). The summed E-state index contributed by atoms with van der Waals surface area (Å²) in [5.74, 6) is 0.859. The lowest BCUT2D eigenvalue weighted by atomic mass is 10.1. The van der Waals surface area contributed by atoms with Crippen LogP contribution in [0.4, 0.5) is 0 Å². The number of hydrogen-bond donors (Lipinski definition) is 0. The Bertz CT molecular complexity index is 353. The summed E-state index contributed by atoms with van der Waals surface area (Å²) >= 11 is 0. The first-order valence-corrected chi connectivity index (χ1v) is 8.22. The van der Waals surface area contributed by atoms with E-state index in [1.807, 2.05) is 0 Å². The van der Waals surface area contributed by atoms with E-state index in [1.54, 1.807) is 0 Å². The van der Waals surface area contributed by atoms with Crippen molar-refractivity contribution >= 4 is 0 Å². The van der Waals surface area contributed by atoms with E-state index in [0.717, 1.165) is 12.5 Å². The first-order valence-electron chi connectivity index (χ1n) is 8.22. The van der Waals surface area contributed by atoms with E-state index in [4.69, 9.17) is 0 Å². The van der Waals surface area contributed by atoms with E-state index in [0.29, 0.717) is 0 Å². The van der Waals surface area contributed by atoms with Crippen LogP contribution < -0.4 is 0 Å². The quantitative estimate of drug-likeness (QED) is 0.701. The molecule has 1 aliphatic heterocycles. The number of unbranched alkanes of at least 4 members (excludes halogenated alkanes) is 1. The van der Waals surface area contributed by atoms with Crippen molar-refractivity contribution in [3.05, 3.63) is 35.9 Å². The Morgan fingerprint density at radius 2 is 1.55 bits per heavy atom. The monoisotopic (exact) mass is 274 g/mol. The van der Waals surface area contributed by atoms with Crippen LogP contribution >= 0.6 is 0 Å². The van der Waals surface area contributed by atoms with Crippen molar-refractivity contribution in [2.24, 2.45) is 5.92 Å². The molecule has 112 valence electrons. The Morgan fingerprint density at radius 1 is 0.900 bits per heavy atom. The second kappa shape index (κ2) is 8.43. The van der Waals surface area contributed by atoms with Crippen LogP contribution in [-0.2, 0) is 6.54 Å². The van der Waals surface area contributed by atoms with E-state index in [-0.39, 0.29) is 0 Å². The highest BCUT2D eigenvalue weighted by Crippen LogP contribution is 2.11. The molecule has 0 aliphatic carbocycles. The number of benzene rings is 1. The van der Waals surface area contributed by atoms with Gasteiger partial charge in [-0.25, -0.2) is 0 Å². The molecular formula is C18H30N2. The summed E-state index contributed by atoms with van der Waals surface area (Å²) in [5, 5.41) is 0. The van der Waals surface area contributed by atoms with Gasteiger partial charge in [0.05, 0.1) is 0 Å². The zero-order chi connectivity index (χ0) is 14.2. The van der Waals surface area contributed by atoms with Gasteiger partial charge < -0.3 is 4.90 Å². The predicted octanol–water partition coefficient (Wildman–Crippen LogP) is 3.63. The molecule has 0 unspecified atom stereocenters. The van der Waals surface area contributed by atoms with E-state index in [1.165, 1.54) is 57.5 Å². The maximum absolute atomic E-state index is 2.64. The minimum absolute atomic E-state index is 0.859. The fraction of sp³-hybridized carbons (Fsp3) is 0.667. The van der Waals surface area contributed by atoms with Crippen LogP contribution in [0.1, 0.15) is 38.7 Å². The maximum Gasteiger partial charge on any atom is 0.0234 e. The summed E-state index contributed by atoms with van der Waals surface area (Å²) in [6, 6.07) is 10.8. The Hall–Kier alpha value is -0.860. The molecule has 0 aromatic heterocycles. The number of rotatable bonds is 7. The minimum Gasteiger partial charge on any atom is -0.301 e. The minimum atomic E-state index is 0.859. The lowest BCUT2D eigenvalue weighted by Crippen LogP contribution is -2.46. The average molecular weight is 274 g/mol. The van der Waals surface area contributed by atoms with Crippen molar-refractivity contribution in [1.82, 2.24) is 9.80 Å². The van der Waals surface area contributed by atoms with Crippen LogP contribution in [0, 0.1) is 5.92 Å². The van der Waals surface area contributed by atoms with Crippen LogP contribution in [0.25, 0.3) is 0 Å². The summed E-state index contributed by atoms with van der Waals surface area (Å²) in [7, 11) is 0. The molecule has 1 saturated heterocycles. The van der Waals surface area contributed by atoms with Gasteiger partial charge in [-0.15, -0.1) is 0 Å². The molecule has 2 nitrogen and oxygen atoms in total. The van der Waals surface area contributed by atoms with E-state index >= 15 is 0 Å². The molecule has 0 spiro atoms. The van der Waals surface area contributed by atoms with Crippen LogP contribution in [0.2, 0.25) is 0 Å². The number of piperazine rings is 1. The molecule has 2 heteroatoms. The number of nitrogens with zero attached hydrogens (tertiary/aromatic N) is 2. The lowest BCUT2D eigenvalue weighted by molar-refractivity contribution is 0.125. The number of hydrogen-bond acceptors (Lipinski definition) is 2. The highest BCUT2D eigenvalue weighted by molar-refractivity contribution is 5.14. The summed E-state index contributed by atoms with van der Waals surface area (Å²) in [6.07, 6.45) is 4.15. The summed E-state index contributed by atoms with van der Waals surface area (Å²) in [4.78, 5) is 5.22. The molecule has 1 fully saturated rings. The van der Waals surface area contributed by atoms with Crippen molar-refractivity contribution in [3.63, 3.8) is 0 Å². The third kappa shape index (κ3) is 5.64. The highest BCUT2D eigenvalue weighted by atomic mass is 15.3. The van der Waals surface area contributed by atoms with Gasteiger partial charge in [-0.3, -0.25) is 4.90 Å². The van der Waals surface area contributed by atoms with Gasteiger partial charge in [-0.05, 0) is 24.4 Å². The molecule has 1 aromatic carbocycles. The standard InChI is InChI=1S/C18H30N2/c1-17(2)8-6-7-11-19-12-14-20(15-13-19)16-18-9-4-3-5-10-18/h3-5,9-10,17H,6-8,11-16H2,1-2H3. The Kier molecular flexibility index (Phi) is 6.55. The lowest BCUT2D eigenvalue weighted by Gasteiger charge is -2.34. The second-order valence-electron chi connectivity index (χ2n) is 6.49. The van der Waals surface area contributed by atoms with Gasteiger partial charge in [0.2, 0.25) is 0 Å². The van der Waals surface area contributed by atoms with Crippen LogP contribution in [-0.4, -0.2) is 42.5 Å². The third-order valence-corrected chi connectivity index (χ3v) is 4.22. The molecule has 0 atom stereocenters. The topological polar surface area (TPSA) is 6.48 Å². The average Bonchev–Trinajstić information content (AvgIpc) is 2.46. The third-order valence-electron chi connectivity index (χ3n) is 4.22. The van der Waals surface area contributed by atoms with Gasteiger partial charge in [-0.1, -0.05) is 57.0 Å². The smallest absolute Gasteiger partial charge is 0.0234 e. The van der Waals surface area contributed by atoms with Gasteiger partial charge in [0.15, 0.2) is 0 Å². The molecule has 0 bridgehead atoms. The van der Waals surface area contributed by atoms with Crippen LogP contribution in [0.5, 0.6) is 0 Å². The molecule has 0 N–H and O–H groups in total. The summed E-state index contributed by atoms with van der Waals surface area (Å²) in [6.45, 7) is 12.0. The zero-order valence-electron chi connectivity index (χ0n) is 13.2. The van der Waals surface area contributed by atoms with Crippen molar-refractivity contribution in [1.29, 1.82) is 0 Å². The van der Waals surface area contributed by atoms with E-state index in [9.17, 15) is 0 Å². The Balaban J connectivity index is 1.60. The van der Waals surface area contributed by atoms with Gasteiger partial charge in [-0.2, -0.15) is 0 Å². The van der Waals surface area contributed by atoms with Gasteiger partial charge in [0.25, 0.3) is 0 Å². The summed E-state index contributed by atoms with van der Waals surface area (Å²) in [5.41, 5.74) is 1.44. The molecule has 0 saturated carbocycles. The molecule has 1 aliphatic rings. The maximum atomic E-state index is 2.64. The molecule has 0 radical (unpaired) electrons. The fourth-order valence-electron chi connectivity index (χ4n) is 2.90. The largest absolute Gasteiger partial charge is 0.301 e. The predicted molar refractivity (Wildman–Crippen MR) is 86.8 cm³/mol. The van der Waals surface area contributed by atoms with Crippen molar-refractivity contribution in [2.45, 2.75) is 39.7 Å². The van der Waals surface area contributed by atoms with Gasteiger partial charge in [0.1, 0.15) is 0 Å². The first-order chi connectivity index (χ1) is 9.74. The molecule has 0 amide bonds. The molecular weight excluding hydrogens is 244 g/mol. The Labute approximate surface area is 124 Å². The van der Waals surface area contributed by atoms with Crippen LogP contribution in [0.15, 0.2) is 30.3 Å². The normalized spacial score (nSPS) is 17.8. The Morgan fingerprint density at radius 3 is 2.20 bits per heavy atom. The van der Waals surface area contributed by atoms with E-state index < -0.39 is 0 Å². The first kappa shape index (κ1) is 15.5. The fourth-order valence-corrected chi connectivity index (χ4v) is 2.90. The van der Waals surface area contributed by atoms with Crippen molar-refractivity contribution in [3.8, 4) is 0 Å². The van der Waals surface area contributed by atoms with Gasteiger partial charge in [0, 0.05) is 32.7 Å². The molecule has 1 heterocycles. The van der Waals surface area contributed by atoms with Gasteiger partial charge >= 0.3 is 0 Å².